The third-order valence-electron chi connectivity index (χ3n) is 3.21. The molecule has 2 aromatic rings. The molecule has 1 unspecified atom stereocenters. The zero-order chi connectivity index (χ0) is 13.6. The van der Waals surface area contributed by atoms with Crippen molar-refractivity contribution in [2.75, 3.05) is 6.61 Å². The second kappa shape index (κ2) is 5.17. The molecule has 1 aromatic carbocycles. The largest absolute Gasteiger partial charge is 0.493 e. The number of aryl methyl sites for hydroxylation is 1. The maximum Gasteiger partial charge on any atom is 0.127 e. The summed E-state index contributed by atoms with van der Waals surface area (Å²) >= 11 is 20.6. The first-order valence-corrected chi connectivity index (χ1v) is 7.98. The Kier molecular flexibility index (Phi) is 3.69. The van der Waals surface area contributed by atoms with Gasteiger partial charge in [-0.15, -0.1) is 22.9 Å². The van der Waals surface area contributed by atoms with Crippen LogP contribution in [0.1, 0.15) is 26.9 Å². The van der Waals surface area contributed by atoms with E-state index in [0.29, 0.717) is 11.6 Å². The van der Waals surface area contributed by atoms with Crippen LogP contribution in [0.15, 0.2) is 17.5 Å². The van der Waals surface area contributed by atoms with E-state index in [9.17, 15) is 0 Å². The molecule has 0 fully saturated rings. The maximum absolute atomic E-state index is 6.59. The van der Waals surface area contributed by atoms with Gasteiger partial charge in [0.2, 0.25) is 0 Å². The molecule has 0 saturated heterocycles. The highest BCUT2D eigenvalue weighted by Gasteiger charge is 2.25. The minimum absolute atomic E-state index is 0.322. The summed E-state index contributed by atoms with van der Waals surface area (Å²) < 4.78 is 5.69. The summed E-state index contributed by atoms with van der Waals surface area (Å²) in [7, 11) is 0. The number of fused-ring (bicyclic) bond motifs is 1. The van der Waals surface area contributed by atoms with Gasteiger partial charge in [-0.25, -0.2) is 0 Å². The molecular weight excluding hydrogens is 323 g/mol. The van der Waals surface area contributed by atoms with Crippen molar-refractivity contribution in [3.8, 4) is 5.75 Å². The van der Waals surface area contributed by atoms with Gasteiger partial charge in [-0.3, -0.25) is 0 Å². The number of hydrogen-bond donors (Lipinski definition) is 0. The molecule has 1 nitrogen and oxygen atoms in total. The standard InChI is InChI=1S/C14H11Cl3OS/c1-7-6-19-14(11(7)16)12(17)10-5-9(15)4-8-2-3-18-13(8)10/h4-6,12H,2-3H2,1H3. The van der Waals surface area contributed by atoms with Crippen LogP contribution in [0.4, 0.5) is 0 Å². The van der Waals surface area contributed by atoms with Crippen LogP contribution in [0.5, 0.6) is 5.75 Å². The smallest absolute Gasteiger partial charge is 0.127 e. The predicted molar refractivity (Wildman–Crippen MR) is 82.4 cm³/mol. The summed E-state index contributed by atoms with van der Waals surface area (Å²) in [6.45, 7) is 2.66. The molecule has 0 spiro atoms. The molecule has 3 rings (SSSR count). The van der Waals surface area contributed by atoms with Crippen LogP contribution in [0.3, 0.4) is 0 Å². The molecule has 1 aliphatic rings. The molecule has 0 saturated carbocycles. The molecule has 0 radical (unpaired) electrons. The fraction of sp³-hybridized carbons (Fsp3) is 0.286. The fourth-order valence-electron chi connectivity index (χ4n) is 2.25. The summed E-state index contributed by atoms with van der Waals surface area (Å²) in [5, 5.41) is 3.11. The van der Waals surface area contributed by atoms with Gasteiger partial charge in [-0.1, -0.05) is 23.2 Å². The van der Waals surface area contributed by atoms with Gasteiger partial charge in [-0.05, 0) is 35.6 Å². The van der Waals surface area contributed by atoms with E-state index < -0.39 is 0 Å². The second-order valence-electron chi connectivity index (χ2n) is 4.54. The van der Waals surface area contributed by atoms with Crippen molar-refractivity contribution < 1.29 is 4.74 Å². The first-order valence-electron chi connectivity index (χ1n) is 5.90. The highest BCUT2D eigenvalue weighted by Crippen LogP contribution is 2.45. The zero-order valence-corrected chi connectivity index (χ0v) is 13.3. The van der Waals surface area contributed by atoms with Gasteiger partial charge in [0.25, 0.3) is 0 Å². The van der Waals surface area contributed by atoms with E-state index in [1.54, 1.807) is 11.3 Å². The monoisotopic (exact) mass is 332 g/mol. The molecule has 5 heteroatoms. The zero-order valence-electron chi connectivity index (χ0n) is 10.2. The summed E-state index contributed by atoms with van der Waals surface area (Å²) in [5.41, 5.74) is 3.08. The topological polar surface area (TPSA) is 9.23 Å². The molecule has 19 heavy (non-hydrogen) atoms. The van der Waals surface area contributed by atoms with Crippen LogP contribution < -0.4 is 4.74 Å². The lowest BCUT2D eigenvalue weighted by molar-refractivity contribution is 0.354. The quantitative estimate of drug-likeness (QED) is 0.647. The number of hydrogen-bond acceptors (Lipinski definition) is 2. The average molecular weight is 334 g/mol. The first kappa shape index (κ1) is 13.6. The highest BCUT2D eigenvalue weighted by molar-refractivity contribution is 7.11. The Labute approximate surface area is 131 Å². The Balaban J connectivity index is 2.10. The molecule has 100 valence electrons. The lowest BCUT2D eigenvalue weighted by atomic mass is 10.0. The van der Waals surface area contributed by atoms with Crippen LogP contribution in [0.25, 0.3) is 0 Å². The Hall–Kier alpha value is -0.410. The highest BCUT2D eigenvalue weighted by atomic mass is 35.5. The lowest BCUT2D eigenvalue weighted by Gasteiger charge is -2.14. The SMILES string of the molecule is Cc1csc(C(Cl)c2cc(Cl)cc3c2OCC3)c1Cl. The molecule has 0 amide bonds. The normalized spacial score (nSPS) is 15.2. The fourth-order valence-corrected chi connectivity index (χ4v) is 4.27. The van der Waals surface area contributed by atoms with E-state index >= 15 is 0 Å². The van der Waals surface area contributed by atoms with E-state index in [0.717, 1.165) is 38.8 Å². The van der Waals surface area contributed by atoms with Crippen LogP contribution in [0.2, 0.25) is 10.0 Å². The van der Waals surface area contributed by atoms with Gasteiger partial charge in [0.1, 0.15) is 5.75 Å². The molecule has 1 aliphatic heterocycles. The minimum Gasteiger partial charge on any atom is -0.493 e. The second-order valence-corrected chi connectivity index (χ2v) is 6.70. The van der Waals surface area contributed by atoms with Crippen molar-refractivity contribution in [1.82, 2.24) is 0 Å². The van der Waals surface area contributed by atoms with E-state index in [1.807, 2.05) is 24.4 Å². The van der Waals surface area contributed by atoms with Gasteiger partial charge < -0.3 is 4.74 Å². The van der Waals surface area contributed by atoms with Crippen LogP contribution in [-0.4, -0.2) is 6.61 Å². The molecule has 1 atom stereocenters. The molecule has 1 aromatic heterocycles. The van der Waals surface area contributed by atoms with E-state index in [4.69, 9.17) is 39.5 Å². The number of alkyl halides is 1. The number of thiophene rings is 1. The summed E-state index contributed by atoms with van der Waals surface area (Å²) in [6.07, 6.45) is 0.879. The van der Waals surface area contributed by atoms with Crippen LogP contribution in [-0.2, 0) is 6.42 Å². The van der Waals surface area contributed by atoms with Crippen LogP contribution in [0, 0.1) is 6.92 Å². The van der Waals surface area contributed by atoms with E-state index in [-0.39, 0.29) is 5.38 Å². The molecule has 0 bridgehead atoms. The summed E-state index contributed by atoms with van der Waals surface area (Å²) in [4.78, 5) is 0.945. The van der Waals surface area contributed by atoms with Crippen molar-refractivity contribution in [1.29, 1.82) is 0 Å². The van der Waals surface area contributed by atoms with Crippen LogP contribution >= 0.6 is 46.1 Å². The maximum atomic E-state index is 6.59. The average Bonchev–Trinajstić information content (AvgIpc) is 2.96. The number of rotatable bonds is 2. The van der Waals surface area contributed by atoms with Gasteiger partial charge in [0.15, 0.2) is 0 Å². The lowest BCUT2D eigenvalue weighted by Crippen LogP contribution is -1.96. The predicted octanol–water partition coefficient (Wildman–Crippen LogP) is 5.63. The van der Waals surface area contributed by atoms with Gasteiger partial charge in [0, 0.05) is 21.9 Å². The molecule has 2 heterocycles. The first-order chi connectivity index (χ1) is 9.08. The summed E-state index contributed by atoms with van der Waals surface area (Å²) in [6, 6.07) is 3.81. The van der Waals surface area contributed by atoms with Crippen molar-refractivity contribution in [2.24, 2.45) is 0 Å². The van der Waals surface area contributed by atoms with Gasteiger partial charge in [-0.2, -0.15) is 0 Å². The number of ether oxygens (including phenoxy) is 1. The summed E-state index contributed by atoms with van der Waals surface area (Å²) in [5.74, 6) is 0.867. The van der Waals surface area contributed by atoms with Crippen molar-refractivity contribution >= 4 is 46.1 Å². The Morgan fingerprint density at radius 3 is 2.79 bits per heavy atom. The number of benzene rings is 1. The third-order valence-corrected chi connectivity index (χ3v) is 5.79. The number of halogens is 3. The molecule has 0 N–H and O–H groups in total. The molecular formula is C14H11Cl3OS. The Morgan fingerprint density at radius 1 is 1.32 bits per heavy atom. The van der Waals surface area contributed by atoms with E-state index in [1.165, 1.54) is 0 Å². The molecule has 0 aliphatic carbocycles. The third kappa shape index (κ3) is 2.36. The van der Waals surface area contributed by atoms with Gasteiger partial charge >= 0.3 is 0 Å². The Morgan fingerprint density at radius 2 is 2.11 bits per heavy atom. The van der Waals surface area contributed by atoms with Crippen molar-refractivity contribution in [2.45, 2.75) is 18.7 Å². The Bertz CT molecular complexity index is 636. The minimum atomic E-state index is -0.322. The van der Waals surface area contributed by atoms with Gasteiger partial charge in [0.05, 0.1) is 17.0 Å². The van der Waals surface area contributed by atoms with Crippen molar-refractivity contribution in [3.63, 3.8) is 0 Å². The van der Waals surface area contributed by atoms with E-state index in [2.05, 4.69) is 0 Å². The van der Waals surface area contributed by atoms with Crippen molar-refractivity contribution in [3.05, 3.63) is 49.1 Å².